The van der Waals surface area contributed by atoms with Gasteiger partial charge in [0.25, 0.3) is 0 Å². The van der Waals surface area contributed by atoms with Crippen LogP contribution in [0.2, 0.25) is 0 Å². The Balaban J connectivity index is 0.000000418. The monoisotopic (exact) mass is 554 g/mol. The summed E-state index contributed by atoms with van der Waals surface area (Å²) in [5, 5.41) is 0. The molecule has 0 saturated heterocycles. The SMILES string of the molecule is CCCCCCCCCCCCCCOC(=O)c1cccnc1.CCCCCCCCOC(=O)c1cccnc1. The van der Waals surface area contributed by atoms with Crippen molar-refractivity contribution in [2.75, 3.05) is 13.2 Å². The molecular weight excluding hydrogens is 500 g/mol. The second kappa shape index (κ2) is 26.5. The van der Waals surface area contributed by atoms with Gasteiger partial charge in [0.15, 0.2) is 0 Å². The maximum atomic E-state index is 11.7. The molecule has 2 heterocycles. The van der Waals surface area contributed by atoms with E-state index in [-0.39, 0.29) is 11.9 Å². The zero-order valence-corrected chi connectivity index (χ0v) is 25.3. The van der Waals surface area contributed by atoms with E-state index in [1.807, 2.05) is 0 Å². The van der Waals surface area contributed by atoms with Gasteiger partial charge in [-0.05, 0) is 37.1 Å². The van der Waals surface area contributed by atoms with Crippen molar-refractivity contribution in [3.63, 3.8) is 0 Å². The first kappa shape index (κ1) is 35.3. The predicted octanol–water partition coefficient (Wildman–Crippen LogP) is 9.54. The fraction of sp³-hybridized carbons (Fsp3) is 0.647. The Kier molecular flexibility index (Phi) is 23.3. The highest BCUT2D eigenvalue weighted by Crippen LogP contribution is 2.12. The summed E-state index contributed by atoms with van der Waals surface area (Å²) in [6.45, 7) is 5.50. The van der Waals surface area contributed by atoms with Crippen molar-refractivity contribution in [2.24, 2.45) is 0 Å². The Labute approximate surface area is 243 Å². The molecule has 0 aliphatic carbocycles. The van der Waals surface area contributed by atoms with Crippen molar-refractivity contribution in [3.8, 4) is 0 Å². The molecule has 2 aromatic rings. The zero-order valence-electron chi connectivity index (χ0n) is 25.3. The molecule has 40 heavy (non-hydrogen) atoms. The van der Waals surface area contributed by atoms with Crippen LogP contribution in [0.3, 0.4) is 0 Å². The number of esters is 2. The minimum absolute atomic E-state index is 0.263. The summed E-state index contributed by atoms with van der Waals surface area (Å²) in [6.07, 6.45) is 29.3. The summed E-state index contributed by atoms with van der Waals surface area (Å²) in [7, 11) is 0. The van der Waals surface area contributed by atoms with E-state index in [1.54, 1.807) is 42.9 Å². The average Bonchev–Trinajstić information content (AvgIpc) is 3.00. The maximum absolute atomic E-state index is 11.7. The molecule has 0 amide bonds. The highest BCUT2D eigenvalue weighted by atomic mass is 16.5. The minimum Gasteiger partial charge on any atom is -0.462 e. The average molecular weight is 555 g/mol. The summed E-state index contributed by atoms with van der Waals surface area (Å²) in [6, 6.07) is 6.94. The lowest BCUT2D eigenvalue weighted by Gasteiger charge is -2.05. The van der Waals surface area contributed by atoms with E-state index in [0.29, 0.717) is 24.3 Å². The van der Waals surface area contributed by atoms with Crippen LogP contribution in [0, 0.1) is 0 Å². The number of aromatic nitrogens is 2. The van der Waals surface area contributed by atoms with Crippen molar-refractivity contribution in [1.29, 1.82) is 0 Å². The smallest absolute Gasteiger partial charge is 0.339 e. The van der Waals surface area contributed by atoms with Crippen LogP contribution < -0.4 is 0 Å². The number of hydrogen-bond acceptors (Lipinski definition) is 6. The van der Waals surface area contributed by atoms with Crippen molar-refractivity contribution < 1.29 is 19.1 Å². The summed E-state index contributed by atoms with van der Waals surface area (Å²) in [5.41, 5.74) is 1.06. The predicted molar refractivity (Wildman–Crippen MR) is 163 cm³/mol. The third-order valence-corrected chi connectivity index (χ3v) is 6.76. The van der Waals surface area contributed by atoms with Crippen molar-refractivity contribution in [2.45, 2.75) is 129 Å². The number of carbonyl (C=O) groups is 2. The lowest BCUT2D eigenvalue weighted by atomic mass is 10.1. The Bertz CT molecular complexity index is 846. The summed E-state index contributed by atoms with van der Waals surface area (Å²) in [4.78, 5) is 31.0. The van der Waals surface area contributed by atoms with Gasteiger partial charge in [-0.1, -0.05) is 117 Å². The first-order valence-corrected chi connectivity index (χ1v) is 15.8. The standard InChI is InChI=1S/C20H33NO2.C14H21NO2/c1-2-3-4-5-6-7-8-9-10-11-12-13-17-23-20(22)19-15-14-16-21-18-19;1-2-3-4-5-6-7-11-17-14(16)13-9-8-10-15-12-13/h14-16,18H,2-13,17H2,1H3;8-10,12H,2-7,11H2,1H3. The summed E-state index contributed by atoms with van der Waals surface area (Å²) >= 11 is 0. The molecular formula is C34H54N2O4. The first-order chi connectivity index (χ1) is 19.7. The number of pyridine rings is 2. The van der Waals surface area contributed by atoms with Crippen LogP contribution in [0.5, 0.6) is 0 Å². The molecule has 0 saturated carbocycles. The van der Waals surface area contributed by atoms with Crippen LogP contribution in [0.15, 0.2) is 49.1 Å². The second-order valence-corrected chi connectivity index (χ2v) is 10.4. The van der Waals surface area contributed by atoms with E-state index in [9.17, 15) is 9.59 Å². The van der Waals surface area contributed by atoms with Crippen LogP contribution in [0.25, 0.3) is 0 Å². The second-order valence-electron chi connectivity index (χ2n) is 10.4. The van der Waals surface area contributed by atoms with E-state index in [1.165, 1.54) is 96.1 Å². The third-order valence-electron chi connectivity index (χ3n) is 6.76. The molecule has 0 aromatic carbocycles. The fourth-order valence-electron chi connectivity index (χ4n) is 4.29. The maximum Gasteiger partial charge on any atom is 0.339 e. The van der Waals surface area contributed by atoms with Gasteiger partial charge in [0.05, 0.1) is 24.3 Å². The number of unbranched alkanes of at least 4 members (excludes halogenated alkanes) is 16. The van der Waals surface area contributed by atoms with Gasteiger partial charge in [-0.2, -0.15) is 0 Å². The molecule has 2 aromatic heterocycles. The molecule has 0 spiro atoms. The van der Waals surface area contributed by atoms with Gasteiger partial charge < -0.3 is 9.47 Å². The van der Waals surface area contributed by atoms with Gasteiger partial charge >= 0.3 is 11.9 Å². The lowest BCUT2D eigenvalue weighted by molar-refractivity contribution is 0.0488. The number of carbonyl (C=O) groups excluding carboxylic acids is 2. The minimum atomic E-state index is -0.272. The molecule has 224 valence electrons. The normalized spacial score (nSPS) is 10.4. The molecule has 0 unspecified atom stereocenters. The van der Waals surface area contributed by atoms with Crippen molar-refractivity contribution in [1.82, 2.24) is 9.97 Å². The summed E-state index contributed by atoms with van der Waals surface area (Å²) < 4.78 is 10.4. The van der Waals surface area contributed by atoms with Crippen molar-refractivity contribution in [3.05, 3.63) is 60.2 Å². The van der Waals surface area contributed by atoms with E-state index in [2.05, 4.69) is 23.8 Å². The van der Waals surface area contributed by atoms with Crippen LogP contribution >= 0.6 is 0 Å². The van der Waals surface area contributed by atoms with Crippen molar-refractivity contribution >= 4 is 11.9 Å². The molecule has 6 heteroatoms. The molecule has 0 fully saturated rings. The van der Waals surface area contributed by atoms with Gasteiger partial charge in [-0.25, -0.2) is 9.59 Å². The van der Waals surface area contributed by atoms with Crippen LogP contribution in [0.4, 0.5) is 0 Å². The summed E-state index contributed by atoms with van der Waals surface area (Å²) in [5.74, 6) is -0.534. The molecule has 0 N–H and O–H groups in total. The number of rotatable bonds is 22. The molecule has 0 bridgehead atoms. The Morgan fingerprint density at radius 2 is 0.850 bits per heavy atom. The van der Waals surface area contributed by atoms with Gasteiger partial charge in [0.1, 0.15) is 0 Å². The molecule has 0 aliphatic rings. The van der Waals surface area contributed by atoms with E-state index < -0.39 is 0 Å². The fourth-order valence-corrected chi connectivity index (χ4v) is 4.29. The van der Waals surface area contributed by atoms with Crippen LogP contribution in [-0.2, 0) is 9.47 Å². The largest absolute Gasteiger partial charge is 0.462 e. The number of nitrogens with zero attached hydrogens (tertiary/aromatic N) is 2. The molecule has 2 rings (SSSR count). The Hall–Kier alpha value is -2.76. The molecule has 6 nitrogen and oxygen atoms in total. The van der Waals surface area contributed by atoms with Gasteiger partial charge in [0.2, 0.25) is 0 Å². The highest BCUT2D eigenvalue weighted by Gasteiger charge is 2.06. The van der Waals surface area contributed by atoms with E-state index >= 15 is 0 Å². The highest BCUT2D eigenvalue weighted by molar-refractivity contribution is 5.89. The Morgan fingerprint density at radius 1 is 0.525 bits per heavy atom. The van der Waals surface area contributed by atoms with Gasteiger partial charge in [-0.15, -0.1) is 0 Å². The Morgan fingerprint density at radius 3 is 1.15 bits per heavy atom. The quantitative estimate of drug-likeness (QED) is 0.106. The van der Waals surface area contributed by atoms with E-state index in [0.717, 1.165) is 25.7 Å². The topological polar surface area (TPSA) is 78.4 Å². The van der Waals surface area contributed by atoms with Gasteiger partial charge in [0, 0.05) is 24.8 Å². The van der Waals surface area contributed by atoms with Gasteiger partial charge in [-0.3, -0.25) is 9.97 Å². The number of hydrogen-bond donors (Lipinski definition) is 0. The van der Waals surface area contributed by atoms with Crippen LogP contribution in [-0.4, -0.2) is 35.1 Å². The molecule has 0 radical (unpaired) electrons. The number of ether oxygens (including phenoxy) is 2. The third kappa shape index (κ3) is 20.2. The molecule has 0 atom stereocenters. The lowest BCUT2D eigenvalue weighted by Crippen LogP contribution is -2.06. The molecule has 0 aliphatic heterocycles. The zero-order chi connectivity index (χ0) is 28.9. The van der Waals surface area contributed by atoms with Crippen LogP contribution in [0.1, 0.15) is 150 Å². The first-order valence-electron chi connectivity index (χ1n) is 15.8. The van der Waals surface area contributed by atoms with E-state index in [4.69, 9.17) is 9.47 Å².